The SMILES string of the molecule is CC1CC(C(=O)N(C)CCOCC2CC2)(C(N)=NO)C1. The fourth-order valence-electron chi connectivity index (χ4n) is 2.92. The third-order valence-electron chi connectivity index (χ3n) is 4.37. The van der Waals surface area contributed by atoms with E-state index in [-0.39, 0.29) is 11.7 Å². The molecule has 0 unspecified atom stereocenters. The summed E-state index contributed by atoms with van der Waals surface area (Å²) in [6, 6.07) is 0. The Labute approximate surface area is 119 Å². The Bertz CT molecular complexity index is 387. The summed E-state index contributed by atoms with van der Waals surface area (Å²) in [6.45, 7) is 3.94. The number of oxime groups is 1. The number of nitrogens with zero attached hydrogens (tertiary/aromatic N) is 2. The highest BCUT2D eigenvalue weighted by molar-refractivity contribution is 6.07. The Morgan fingerprint density at radius 3 is 2.65 bits per heavy atom. The van der Waals surface area contributed by atoms with E-state index in [1.165, 1.54) is 12.8 Å². The largest absolute Gasteiger partial charge is 0.409 e. The zero-order chi connectivity index (χ0) is 14.8. The molecule has 2 aliphatic carbocycles. The van der Waals surface area contributed by atoms with Crippen molar-refractivity contribution < 1.29 is 14.7 Å². The Morgan fingerprint density at radius 1 is 1.50 bits per heavy atom. The summed E-state index contributed by atoms with van der Waals surface area (Å²) in [6.07, 6.45) is 3.82. The quantitative estimate of drug-likeness (QED) is 0.240. The van der Waals surface area contributed by atoms with Gasteiger partial charge in [-0.05, 0) is 37.5 Å². The van der Waals surface area contributed by atoms with Gasteiger partial charge in [0.15, 0.2) is 5.84 Å². The molecule has 3 N–H and O–H groups in total. The van der Waals surface area contributed by atoms with Gasteiger partial charge in [0.1, 0.15) is 5.41 Å². The van der Waals surface area contributed by atoms with Crippen LogP contribution in [0.1, 0.15) is 32.6 Å². The van der Waals surface area contributed by atoms with Crippen molar-refractivity contribution in [3.05, 3.63) is 0 Å². The Morgan fingerprint density at radius 2 is 2.15 bits per heavy atom. The van der Waals surface area contributed by atoms with Crippen molar-refractivity contribution in [3.8, 4) is 0 Å². The summed E-state index contributed by atoms with van der Waals surface area (Å²) >= 11 is 0. The van der Waals surface area contributed by atoms with Crippen LogP contribution >= 0.6 is 0 Å². The van der Waals surface area contributed by atoms with Crippen LogP contribution in [0.4, 0.5) is 0 Å². The lowest BCUT2D eigenvalue weighted by atomic mass is 9.61. The number of ether oxygens (including phenoxy) is 1. The van der Waals surface area contributed by atoms with Crippen LogP contribution in [-0.2, 0) is 9.53 Å². The summed E-state index contributed by atoms with van der Waals surface area (Å²) in [5.74, 6) is 1.12. The lowest BCUT2D eigenvalue weighted by Gasteiger charge is -2.45. The topological polar surface area (TPSA) is 88.2 Å². The summed E-state index contributed by atoms with van der Waals surface area (Å²) in [5, 5.41) is 12.0. The van der Waals surface area contributed by atoms with Crippen LogP contribution in [0.2, 0.25) is 0 Å². The van der Waals surface area contributed by atoms with E-state index in [9.17, 15) is 4.79 Å². The molecule has 0 aromatic carbocycles. The zero-order valence-corrected chi connectivity index (χ0v) is 12.3. The number of likely N-dealkylation sites (N-methyl/N-ethyl adjacent to an activating group) is 1. The number of hydrogen-bond donors (Lipinski definition) is 2. The number of carbonyl (C=O) groups is 1. The highest BCUT2D eigenvalue weighted by atomic mass is 16.5. The van der Waals surface area contributed by atoms with Crippen molar-refractivity contribution in [1.29, 1.82) is 0 Å². The van der Waals surface area contributed by atoms with Crippen molar-refractivity contribution in [2.24, 2.45) is 28.1 Å². The zero-order valence-electron chi connectivity index (χ0n) is 12.3. The fourth-order valence-corrected chi connectivity index (χ4v) is 2.92. The van der Waals surface area contributed by atoms with Gasteiger partial charge >= 0.3 is 0 Å². The molecule has 0 aromatic rings. The van der Waals surface area contributed by atoms with Gasteiger partial charge in [-0.25, -0.2) is 0 Å². The average molecular weight is 283 g/mol. The minimum Gasteiger partial charge on any atom is -0.409 e. The summed E-state index contributed by atoms with van der Waals surface area (Å²) in [7, 11) is 1.75. The summed E-state index contributed by atoms with van der Waals surface area (Å²) in [5.41, 5.74) is 4.93. The molecule has 2 rings (SSSR count). The van der Waals surface area contributed by atoms with Gasteiger partial charge in [0.25, 0.3) is 0 Å². The molecule has 2 saturated carbocycles. The molecule has 2 aliphatic rings. The van der Waals surface area contributed by atoms with Crippen LogP contribution < -0.4 is 5.73 Å². The van der Waals surface area contributed by atoms with Crippen molar-refractivity contribution in [1.82, 2.24) is 4.90 Å². The molecular weight excluding hydrogens is 258 g/mol. The monoisotopic (exact) mass is 283 g/mol. The molecular formula is C14H25N3O3. The second kappa shape index (κ2) is 5.99. The van der Waals surface area contributed by atoms with Gasteiger partial charge in [-0.3, -0.25) is 4.79 Å². The van der Waals surface area contributed by atoms with Crippen LogP contribution in [0.5, 0.6) is 0 Å². The predicted molar refractivity (Wildman–Crippen MR) is 75.4 cm³/mol. The first-order valence-electron chi connectivity index (χ1n) is 7.31. The normalized spacial score (nSPS) is 29.9. The van der Waals surface area contributed by atoms with Gasteiger partial charge < -0.3 is 20.6 Å². The second-order valence-electron chi connectivity index (χ2n) is 6.33. The molecule has 114 valence electrons. The third-order valence-corrected chi connectivity index (χ3v) is 4.37. The molecule has 0 heterocycles. The average Bonchev–Trinajstić information content (AvgIpc) is 3.21. The maximum atomic E-state index is 12.5. The van der Waals surface area contributed by atoms with Gasteiger partial charge in [0.2, 0.25) is 5.91 Å². The van der Waals surface area contributed by atoms with Crippen LogP contribution in [0, 0.1) is 17.3 Å². The molecule has 2 fully saturated rings. The highest BCUT2D eigenvalue weighted by Gasteiger charge is 2.53. The van der Waals surface area contributed by atoms with E-state index in [0.717, 1.165) is 12.5 Å². The smallest absolute Gasteiger partial charge is 0.236 e. The molecule has 6 nitrogen and oxygen atoms in total. The number of carbonyl (C=O) groups excluding carboxylic acids is 1. The van der Waals surface area contributed by atoms with Crippen LogP contribution in [0.3, 0.4) is 0 Å². The van der Waals surface area contributed by atoms with E-state index in [1.807, 2.05) is 0 Å². The maximum Gasteiger partial charge on any atom is 0.236 e. The molecule has 6 heteroatoms. The van der Waals surface area contributed by atoms with Crippen molar-refractivity contribution in [2.45, 2.75) is 32.6 Å². The number of amides is 1. The Balaban J connectivity index is 1.83. The second-order valence-corrected chi connectivity index (χ2v) is 6.33. The lowest BCUT2D eigenvalue weighted by Crippen LogP contribution is -2.57. The number of amidine groups is 1. The lowest BCUT2D eigenvalue weighted by molar-refractivity contribution is -0.143. The van der Waals surface area contributed by atoms with E-state index >= 15 is 0 Å². The van der Waals surface area contributed by atoms with Crippen molar-refractivity contribution in [3.63, 3.8) is 0 Å². The maximum absolute atomic E-state index is 12.5. The molecule has 0 aliphatic heterocycles. The van der Waals surface area contributed by atoms with Gasteiger partial charge in [0, 0.05) is 20.2 Å². The molecule has 0 aromatic heterocycles. The van der Waals surface area contributed by atoms with Crippen LogP contribution in [0.25, 0.3) is 0 Å². The van der Waals surface area contributed by atoms with Gasteiger partial charge in [0.05, 0.1) is 6.61 Å². The summed E-state index contributed by atoms with van der Waals surface area (Å²) in [4.78, 5) is 14.2. The van der Waals surface area contributed by atoms with Gasteiger partial charge in [-0.2, -0.15) is 0 Å². The van der Waals surface area contributed by atoms with Crippen LogP contribution in [-0.4, -0.2) is 48.7 Å². The predicted octanol–water partition coefficient (Wildman–Crippen LogP) is 1.03. The van der Waals surface area contributed by atoms with E-state index in [0.29, 0.717) is 31.9 Å². The van der Waals surface area contributed by atoms with Crippen LogP contribution in [0.15, 0.2) is 5.16 Å². The number of rotatable bonds is 7. The highest BCUT2D eigenvalue weighted by Crippen LogP contribution is 2.46. The van der Waals surface area contributed by atoms with E-state index in [4.69, 9.17) is 15.7 Å². The van der Waals surface area contributed by atoms with Gasteiger partial charge in [-0.1, -0.05) is 12.1 Å². The van der Waals surface area contributed by atoms with E-state index < -0.39 is 5.41 Å². The standard InChI is InChI=1S/C14H25N3O3/c1-10-7-14(8-10,12(15)16-19)13(18)17(2)5-6-20-9-11-3-4-11/h10-11,19H,3-9H2,1-2H3,(H2,15,16). The Kier molecular flexibility index (Phi) is 4.52. The minimum atomic E-state index is -0.806. The van der Waals surface area contributed by atoms with Gasteiger partial charge in [-0.15, -0.1) is 0 Å². The molecule has 0 bridgehead atoms. The first-order valence-corrected chi connectivity index (χ1v) is 7.31. The Hall–Kier alpha value is -1.30. The van der Waals surface area contributed by atoms with Crippen molar-refractivity contribution in [2.75, 3.05) is 26.8 Å². The molecule has 0 atom stereocenters. The molecule has 1 amide bonds. The first-order chi connectivity index (χ1) is 9.49. The number of nitrogens with two attached hydrogens (primary N) is 1. The number of hydrogen-bond acceptors (Lipinski definition) is 4. The molecule has 0 saturated heterocycles. The third kappa shape index (κ3) is 3.06. The molecule has 20 heavy (non-hydrogen) atoms. The molecule has 0 radical (unpaired) electrons. The van der Waals surface area contributed by atoms with E-state index in [1.54, 1.807) is 11.9 Å². The minimum absolute atomic E-state index is 0.0337. The molecule has 0 spiro atoms. The van der Waals surface area contributed by atoms with E-state index in [2.05, 4.69) is 12.1 Å². The van der Waals surface area contributed by atoms with Crippen molar-refractivity contribution >= 4 is 11.7 Å². The first kappa shape index (κ1) is 15.1. The summed E-state index contributed by atoms with van der Waals surface area (Å²) < 4.78 is 5.55. The fraction of sp³-hybridized carbons (Fsp3) is 0.857.